The topological polar surface area (TPSA) is 55.8 Å². The first-order chi connectivity index (χ1) is 17.2. The molecule has 7 heteroatoms. The zero-order valence-electron chi connectivity index (χ0n) is 24.5. The number of rotatable bonds is 21. The minimum absolute atomic E-state index is 0.0585. The minimum Gasteiger partial charge on any atom is -0.462 e. The fourth-order valence-electron chi connectivity index (χ4n) is 4.75. The lowest BCUT2D eigenvalue weighted by molar-refractivity contribution is -0.907. The minimum atomic E-state index is -0.0871. The van der Waals surface area contributed by atoms with Crippen LogP contribution in [0.3, 0.4) is 0 Å². The lowest BCUT2D eigenvalue weighted by Gasteiger charge is -2.42. The Balaban J connectivity index is 2.17. The molecule has 0 bridgehead atoms. The molecule has 36 heavy (non-hydrogen) atoms. The fraction of sp³-hybridized carbons (Fsp3) is 0.931. The van der Waals surface area contributed by atoms with E-state index >= 15 is 0 Å². The van der Waals surface area contributed by atoms with Crippen molar-refractivity contribution >= 4 is 11.9 Å². The molecule has 0 atom stereocenters. The molecule has 0 aromatic rings. The van der Waals surface area contributed by atoms with Gasteiger partial charge in [-0.2, -0.15) is 0 Å². The van der Waals surface area contributed by atoms with Crippen molar-refractivity contribution in [1.82, 2.24) is 4.90 Å². The van der Waals surface area contributed by atoms with Gasteiger partial charge in [0.05, 0.1) is 54.0 Å². The number of unbranched alkanes of at least 4 members (excludes halogenated alkanes) is 10. The molecule has 0 N–H and O–H groups in total. The van der Waals surface area contributed by atoms with Crippen molar-refractivity contribution in [3.63, 3.8) is 0 Å². The maximum Gasteiger partial charge on any atom is 0.361 e. The average molecular weight is 514 g/mol. The van der Waals surface area contributed by atoms with Crippen molar-refractivity contribution in [3.8, 4) is 0 Å². The number of likely N-dealkylation sites (N-methyl/N-ethyl adjacent to an activating group) is 2. The van der Waals surface area contributed by atoms with E-state index in [-0.39, 0.29) is 11.9 Å². The molecule has 0 unspecified atom stereocenters. The summed E-state index contributed by atoms with van der Waals surface area (Å²) in [5.41, 5.74) is 0. The van der Waals surface area contributed by atoms with Crippen LogP contribution >= 0.6 is 0 Å². The molecule has 0 aromatic carbocycles. The van der Waals surface area contributed by atoms with Gasteiger partial charge in [-0.1, -0.05) is 78.1 Å². The van der Waals surface area contributed by atoms with Crippen LogP contribution in [0.15, 0.2) is 0 Å². The maximum absolute atomic E-state index is 12.3. The molecule has 0 amide bonds. The monoisotopic (exact) mass is 513 g/mol. The van der Waals surface area contributed by atoms with Gasteiger partial charge in [0.15, 0.2) is 13.1 Å². The number of carbonyl (C=O) groups excluding carboxylic acids is 2. The van der Waals surface area contributed by atoms with Crippen molar-refractivity contribution in [1.29, 1.82) is 0 Å². The first-order valence-electron chi connectivity index (χ1n) is 14.9. The van der Waals surface area contributed by atoms with Crippen LogP contribution in [-0.2, 0) is 19.1 Å². The highest BCUT2D eigenvalue weighted by Crippen LogP contribution is 2.12. The molecular weight excluding hydrogens is 454 g/mol. The largest absolute Gasteiger partial charge is 0.462 e. The zero-order chi connectivity index (χ0) is 26.7. The van der Waals surface area contributed by atoms with Crippen LogP contribution in [0.25, 0.3) is 0 Å². The van der Waals surface area contributed by atoms with Gasteiger partial charge in [0.2, 0.25) is 0 Å². The van der Waals surface area contributed by atoms with Crippen molar-refractivity contribution in [2.75, 3.05) is 86.7 Å². The average Bonchev–Trinajstić information content (AvgIpc) is 2.82. The molecular formula is C29H59N3O4+2. The summed E-state index contributed by atoms with van der Waals surface area (Å²) in [6, 6.07) is 0. The van der Waals surface area contributed by atoms with Gasteiger partial charge in [-0.05, 0) is 12.8 Å². The van der Waals surface area contributed by atoms with Crippen LogP contribution < -0.4 is 0 Å². The Morgan fingerprint density at radius 1 is 0.750 bits per heavy atom. The molecule has 1 saturated heterocycles. The molecule has 0 aliphatic carbocycles. The van der Waals surface area contributed by atoms with Crippen LogP contribution in [0.5, 0.6) is 0 Å². The number of quaternary nitrogens is 2. The Hall–Kier alpha value is -1.18. The van der Waals surface area contributed by atoms with Gasteiger partial charge in [-0.25, -0.2) is 9.59 Å². The lowest BCUT2D eigenvalue weighted by Crippen LogP contribution is -2.60. The van der Waals surface area contributed by atoms with Gasteiger partial charge in [0, 0.05) is 19.6 Å². The summed E-state index contributed by atoms with van der Waals surface area (Å²) in [4.78, 5) is 27.1. The summed E-state index contributed by atoms with van der Waals surface area (Å²) in [5, 5.41) is 0. The number of hydrogen-bond donors (Lipinski definition) is 0. The molecule has 0 radical (unpaired) electrons. The number of piperazine rings is 1. The summed E-state index contributed by atoms with van der Waals surface area (Å²) in [5.74, 6) is -0.146. The Kier molecular flexibility index (Phi) is 17.3. The molecule has 1 aliphatic rings. The van der Waals surface area contributed by atoms with Gasteiger partial charge in [-0.15, -0.1) is 0 Å². The van der Waals surface area contributed by atoms with E-state index in [1.807, 2.05) is 0 Å². The molecule has 1 heterocycles. The number of nitrogens with zero attached hydrogens (tertiary/aromatic N) is 3. The Labute approximate surface area is 222 Å². The molecule has 1 fully saturated rings. The maximum atomic E-state index is 12.3. The molecule has 0 spiro atoms. The quantitative estimate of drug-likeness (QED) is 0.127. The number of hydrogen-bond acceptors (Lipinski definition) is 5. The van der Waals surface area contributed by atoms with Gasteiger partial charge in [0.25, 0.3) is 0 Å². The predicted octanol–water partition coefficient (Wildman–Crippen LogP) is 4.63. The Morgan fingerprint density at radius 3 is 1.75 bits per heavy atom. The summed E-state index contributed by atoms with van der Waals surface area (Å²) in [6.45, 7) is 12.2. The summed E-state index contributed by atoms with van der Waals surface area (Å²) < 4.78 is 12.4. The smallest absolute Gasteiger partial charge is 0.361 e. The molecule has 7 nitrogen and oxygen atoms in total. The highest BCUT2D eigenvalue weighted by Gasteiger charge is 2.32. The number of ether oxygens (including phenoxy) is 2. The molecule has 0 aromatic heterocycles. The van der Waals surface area contributed by atoms with Crippen molar-refractivity contribution in [3.05, 3.63) is 0 Å². The normalized spacial score (nSPS) is 16.1. The van der Waals surface area contributed by atoms with E-state index in [2.05, 4.69) is 39.9 Å². The first-order valence-corrected chi connectivity index (χ1v) is 14.9. The molecule has 1 aliphatic heterocycles. The van der Waals surface area contributed by atoms with Crippen LogP contribution in [-0.4, -0.2) is 113 Å². The number of esters is 2. The van der Waals surface area contributed by atoms with Crippen LogP contribution in [0, 0.1) is 0 Å². The van der Waals surface area contributed by atoms with Gasteiger partial charge < -0.3 is 18.4 Å². The number of carbonyl (C=O) groups is 2. The third-order valence-corrected chi connectivity index (χ3v) is 7.52. The second kappa shape index (κ2) is 19.0. The second-order valence-corrected chi connectivity index (χ2v) is 11.9. The van der Waals surface area contributed by atoms with Gasteiger partial charge >= 0.3 is 11.9 Å². The first kappa shape index (κ1) is 32.8. The highest BCUT2D eigenvalue weighted by molar-refractivity contribution is 5.70. The Morgan fingerprint density at radius 2 is 1.22 bits per heavy atom. The van der Waals surface area contributed by atoms with Crippen LogP contribution in [0.4, 0.5) is 0 Å². The third kappa shape index (κ3) is 16.5. The summed E-state index contributed by atoms with van der Waals surface area (Å²) >= 11 is 0. The van der Waals surface area contributed by atoms with Crippen LogP contribution in [0.2, 0.25) is 0 Å². The summed E-state index contributed by atoms with van der Waals surface area (Å²) in [6.07, 6.45) is 14.4. The highest BCUT2D eigenvalue weighted by atomic mass is 16.5. The van der Waals surface area contributed by atoms with E-state index in [0.29, 0.717) is 30.8 Å². The second-order valence-electron chi connectivity index (χ2n) is 11.9. The van der Waals surface area contributed by atoms with Gasteiger partial charge in [0.1, 0.15) is 0 Å². The van der Waals surface area contributed by atoms with Crippen molar-refractivity contribution < 1.29 is 28.0 Å². The molecule has 1 rings (SSSR count). The third-order valence-electron chi connectivity index (χ3n) is 7.52. The van der Waals surface area contributed by atoms with Crippen LogP contribution in [0.1, 0.15) is 90.9 Å². The molecule has 212 valence electrons. The van der Waals surface area contributed by atoms with E-state index in [1.165, 1.54) is 51.4 Å². The Bertz CT molecular complexity index is 589. The fourth-order valence-corrected chi connectivity index (χ4v) is 4.75. The van der Waals surface area contributed by atoms with E-state index < -0.39 is 0 Å². The van der Waals surface area contributed by atoms with E-state index in [4.69, 9.17) is 9.47 Å². The summed E-state index contributed by atoms with van der Waals surface area (Å²) in [7, 11) is 6.38. The van der Waals surface area contributed by atoms with E-state index in [9.17, 15) is 9.59 Å². The molecule has 0 saturated carbocycles. The SMILES string of the molecule is CCCCCCCCOC(=O)C[N+](C)(C)CCN1CC[N+](C)(CC(=O)OCCCCCCCC)CC1. The van der Waals surface area contributed by atoms with Crippen molar-refractivity contribution in [2.24, 2.45) is 0 Å². The predicted molar refractivity (Wildman–Crippen MR) is 148 cm³/mol. The van der Waals surface area contributed by atoms with Gasteiger partial charge in [-0.3, -0.25) is 4.90 Å². The standard InChI is InChI=1S/C29H59N3O4/c1-6-8-10-12-14-16-24-35-28(33)26-31(3,4)21-18-30-19-22-32(5,23-20-30)27-29(34)36-25-17-15-13-11-9-7-2/h6-27H2,1-5H3/q+2. The lowest BCUT2D eigenvalue weighted by atomic mass is 10.1. The van der Waals surface area contributed by atoms with E-state index in [0.717, 1.165) is 69.4 Å². The zero-order valence-corrected chi connectivity index (χ0v) is 24.5. The van der Waals surface area contributed by atoms with E-state index in [1.54, 1.807) is 0 Å². The van der Waals surface area contributed by atoms with Crippen molar-refractivity contribution in [2.45, 2.75) is 90.9 Å².